The number of carboxylic acids is 1. The van der Waals surface area contributed by atoms with Crippen molar-refractivity contribution in [1.29, 1.82) is 0 Å². The van der Waals surface area contributed by atoms with E-state index >= 15 is 0 Å². The third-order valence-corrected chi connectivity index (χ3v) is 7.67. The predicted octanol–water partition coefficient (Wildman–Crippen LogP) is 3.88. The number of aromatic nitrogens is 1. The number of piperazine rings is 1. The molecule has 1 saturated heterocycles. The number of carbonyl (C=O) groups is 1. The van der Waals surface area contributed by atoms with E-state index in [1.807, 2.05) is 13.0 Å². The van der Waals surface area contributed by atoms with Gasteiger partial charge in [0, 0.05) is 37.3 Å². The fourth-order valence-electron chi connectivity index (χ4n) is 4.34. The van der Waals surface area contributed by atoms with Gasteiger partial charge in [0.25, 0.3) is 10.0 Å². The molecule has 0 saturated carbocycles. The molecule has 3 aromatic rings. The van der Waals surface area contributed by atoms with Crippen molar-refractivity contribution in [1.82, 2.24) is 9.88 Å². The normalized spacial score (nSPS) is 15.0. The Bertz CT molecular complexity index is 1330. The number of hydrogen-bond donors (Lipinski definition) is 2. The van der Waals surface area contributed by atoms with Gasteiger partial charge in [-0.1, -0.05) is 19.1 Å². The molecule has 0 bridgehead atoms. The summed E-state index contributed by atoms with van der Waals surface area (Å²) in [5.41, 5.74) is 2.38. The molecule has 0 atom stereocenters. The molecule has 0 spiro atoms. The molecule has 0 radical (unpaired) electrons. The van der Waals surface area contributed by atoms with Gasteiger partial charge >= 0.3 is 5.97 Å². The zero-order chi connectivity index (χ0) is 24.5. The fraction of sp³-hybridized carbons (Fsp3) is 0.360. The van der Waals surface area contributed by atoms with Gasteiger partial charge in [-0.2, -0.15) is 0 Å². The fourth-order valence-corrected chi connectivity index (χ4v) is 5.72. The van der Waals surface area contributed by atoms with Crippen LogP contribution in [0.15, 0.2) is 47.4 Å². The first-order chi connectivity index (χ1) is 16.2. The number of fused-ring (bicyclic) bond motifs is 1. The van der Waals surface area contributed by atoms with Crippen molar-refractivity contribution < 1.29 is 18.3 Å². The number of rotatable bonds is 7. The van der Waals surface area contributed by atoms with E-state index in [1.54, 1.807) is 37.3 Å². The predicted molar refractivity (Wildman–Crippen MR) is 134 cm³/mol. The van der Waals surface area contributed by atoms with E-state index < -0.39 is 16.0 Å². The molecule has 4 rings (SSSR count). The van der Waals surface area contributed by atoms with Gasteiger partial charge in [-0.05, 0) is 68.3 Å². The van der Waals surface area contributed by atoms with E-state index in [0.717, 1.165) is 44.7 Å². The van der Waals surface area contributed by atoms with Gasteiger partial charge in [-0.15, -0.1) is 0 Å². The lowest BCUT2D eigenvalue weighted by atomic mass is 10.1. The second kappa shape index (κ2) is 9.60. The highest BCUT2D eigenvalue weighted by atomic mass is 32.2. The van der Waals surface area contributed by atoms with Crippen molar-refractivity contribution in [2.75, 3.05) is 42.3 Å². The average molecular weight is 483 g/mol. The van der Waals surface area contributed by atoms with Crippen LogP contribution in [-0.2, 0) is 10.0 Å². The highest BCUT2D eigenvalue weighted by molar-refractivity contribution is 7.92. The van der Waals surface area contributed by atoms with Gasteiger partial charge in [0.15, 0.2) is 0 Å². The number of aromatic carboxylic acids is 1. The zero-order valence-corrected chi connectivity index (χ0v) is 20.5. The van der Waals surface area contributed by atoms with Crippen molar-refractivity contribution in [3.05, 3.63) is 59.2 Å². The summed E-state index contributed by atoms with van der Waals surface area (Å²) in [5, 5.41) is 10.3. The number of nitrogens with one attached hydrogen (secondary N) is 1. The first kappa shape index (κ1) is 24.0. The van der Waals surface area contributed by atoms with Gasteiger partial charge in [-0.25, -0.2) is 18.2 Å². The molecule has 1 aliphatic rings. The Morgan fingerprint density at radius 3 is 2.47 bits per heavy atom. The van der Waals surface area contributed by atoms with Crippen molar-refractivity contribution in [2.45, 2.75) is 32.1 Å². The lowest BCUT2D eigenvalue weighted by Crippen LogP contribution is -2.46. The summed E-state index contributed by atoms with van der Waals surface area (Å²) >= 11 is 0. The van der Waals surface area contributed by atoms with Gasteiger partial charge in [0.1, 0.15) is 5.82 Å². The van der Waals surface area contributed by atoms with Crippen molar-refractivity contribution in [3.8, 4) is 0 Å². The topological polar surface area (TPSA) is 103 Å². The van der Waals surface area contributed by atoms with Crippen LogP contribution in [0.25, 0.3) is 10.9 Å². The molecule has 2 aromatic carbocycles. The largest absolute Gasteiger partial charge is 0.478 e. The van der Waals surface area contributed by atoms with Crippen LogP contribution in [0.4, 0.5) is 11.5 Å². The Balaban J connectivity index is 1.66. The minimum Gasteiger partial charge on any atom is -0.478 e. The monoisotopic (exact) mass is 482 g/mol. The maximum Gasteiger partial charge on any atom is 0.336 e. The molecule has 1 fully saturated rings. The quantitative estimate of drug-likeness (QED) is 0.527. The van der Waals surface area contributed by atoms with Crippen molar-refractivity contribution >= 4 is 38.4 Å². The molecule has 0 unspecified atom stereocenters. The summed E-state index contributed by atoms with van der Waals surface area (Å²) in [5.74, 6) is -0.447. The van der Waals surface area contributed by atoms with E-state index in [0.29, 0.717) is 28.0 Å². The molecule has 0 amide bonds. The third kappa shape index (κ3) is 5.00. The van der Waals surface area contributed by atoms with E-state index in [1.165, 1.54) is 6.07 Å². The summed E-state index contributed by atoms with van der Waals surface area (Å²) in [7, 11) is -3.83. The molecule has 180 valence electrons. The first-order valence-corrected chi connectivity index (χ1v) is 12.9. The van der Waals surface area contributed by atoms with E-state index in [2.05, 4.69) is 21.4 Å². The summed E-state index contributed by atoms with van der Waals surface area (Å²) in [6.45, 7) is 10.2. The number of carboxylic acid groups (broad SMARTS) is 1. The molecule has 8 nitrogen and oxygen atoms in total. The average Bonchev–Trinajstić information content (AvgIpc) is 2.80. The molecule has 1 aliphatic heterocycles. The van der Waals surface area contributed by atoms with Crippen LogP contribution in [0.3, 0.4) is 0 Å². The number of anilines is 2. The number of pyridine rings is 1. The van der Waals surface area contributed by atoms with Gasteiger partial charge < -0.3 is 10.0 Å². The highest BCUT2D eigenvalue weighted by Gasteiger charge is 2.22. The van der Waals surface area contributed by atoms with Crippen LogP contribution < -0.4 is 9.62 Å². The molecule has 1 aromatic heterocycles. The summed E-state index contributed by atoms with van der Waals surface area (Å²) in [6.07, 6.45) is 1.10. The number of hydrogen-bond acceptors (Lipinski definition) is 6. The van der Waals surface area contributed by atoms with E-state index in [4.69, 9.17) is 4.98 Å². The van der Waals surface area contributed by atoms with Crippen molar-refractivity contribution in [3.63, 3.8) is 0 Å². The second-order valence-corrected chi connectivity index (χ2v) is 10.4. The Hall–Kier alpha value is -3.17. The summed E-state index contributed by atoms with van der Waals surface area (Å²) in [6, 6.07) is 11.7. The second-order valence-electron chi connectivity index (χ2n) is 8.77. The van der Waals surface area contributed by atoms with Crippen LogP contribution in [0.2, 0.25) is 0 Å². The van der Waals surface area contributed by atoms with Gasteiger partial charge in [-0.3, -0.25) is 9.62 Å². The maximum absolute atomic E-state index is 13.0. The van der Waals surface area contributed by atoms with Gasteiger partial charge in [0.05, 0.1) is 16.0 Å². The van der Waals surface area contributed by atoms with Crippen LogP contribution in [-0.4, -0.2) is 62.1 Å². The standard InChI is InChI=1S/C25H30N4O4S/c1-4-9-28-10-12-29(13-11-28)24-16-21(25(30)31)20-15-19(7-8-22(20)26-24)27-34(32,33)23-14-17(2)5-6-18(23)3/h5-8,14-16,27H,4,9-13H2,1-3H3,(H,30,31). The molecular formula is C25H30N4O4S. The lowest BCUT2D eigenvalue weighted by Gasteiger charge is -2.35. The number of nitrogens with zero attached hydrogens (tertiary/aromatic N) is 3. The molecule has 0 aliphatic carbocycles. The summed E-state index contributed by atoms with van der Waals surface area (Å²) in [4.78, 5) is 21.5. The smallest absolute Gasteiger partial charge is 0.336 e. The van der Waals surface area contributed by atoms with Gasteiger partial charge in [0.2, 0.25) is 0 Å². The Kier molecular flexibility index (Phi) is 6.77. The molecule has 9 heteroatoms. The van der Waals surface area contributed by atoms with Crippen LogP contribution in [0, 0.1) is 13.8 Å². The minimum absolute atomic E-state index is 0.101. The Morgan fingerprint density at radius 1 is 1.06 bits per heavy atom. The molecule has 2 heterocycles. The van der Waals surface area contributed by atoms with Crippen LogP contribution in [0.5, 0.6) is 0 Å². The number of aryl methyl sites for hydroxylation is 2. The minimum atomic E-state index is -3.83. The first-order valence-electron chi connectivity index (χ1n) is 11.4. The van der Waals surface area contributed by atoms with Crippen LogP contribution >= 0.6 is 0 Å². The molecule has 34 heavy (non-hydrogen) atoms. The summed E-state index contributed by atoms with van der Waals surface area (Å²) < 4.78 is 28.6. The lowest BCUT2D eigenvalue weighted by molar-refractivity contribution is 0.0699. The zero-order valence-electron chi connectivity index (χ0n) is 19.7. The molecular weight excluding hydrogens is 452 g/mol. The molecule has 2 N–H and O–H groups in total. The Labute approximate surface area is 200 Å². The maximum atomic E-state index is 13.0. The van der Waals surface area contributed by atoms with Crippen LogP contribution in [0.1, 0.15) is 34.8 Å². The number of benzene rings is 2. The highest BCUT2D eigenvalue weighted by Crippen LogP contribution is 2.28. The SMILES string of the molecule is CCCN1CCN(c2cc(C(=O)O)c3cc(NS(=O)(=O)c4cc(C)ccc4C)ccc3n2)CC1. The Morgan fingerprint density at radius 2 is 1.79 bits per heavy atom. The van der Waals surface area contributed by atoms with E-state index in [9.17, 15) is 18.3 Å². The third-order valence-electron chi connectivity index (χ3n) is 6.15. The number of sulfonamides is 1. The van der Waals surface area contributed by atoms with Crippen molar-refractivity contribution in [2.24, 2.45) is 0 Å². The van der Waals surface area contributed by atoms with E-state index in [-0.39, 0.29) is 10.5 Å².